The van der Waals surface area contributed by atoms with Crippen LogP contribution in [0.15, 0.2) is 18.2 Å². The minimum atomic E-state index is -1.05. The number of nitrogens with one attached hydrogen (secondary N) is 2. The lowest BCUT2D eigenvalue weighted by molar-refractivity contribution is -0.139. The third kappa shape index (κ3) is 4.01. The van der Waals surface area contributed by atoms with E-state index in [9.17, 15) is 9.59 Å². The molecule has 0 spiro atoms. The highest BCUT2D eigenvalue weighted by Crippen LogP contribution is 2.32. The lowest BCUT2D eigenvalue weighted by atomic mass is 10.2. The van der Waals surface area contributed by atoms with Gasteiger partial charge in [0.25, 0.3) is 0 Å². The second-order valence-corrected chi connectivity index (χ2v) is 4.64. The van der Waals surface area contributed by atoms with E-state index in [1.807, 2.05) is 6.92 Å². The summed E-state index contributed by atoms with van der Waals surface area (Å²) < 4.78 is 10.8. The van der Waals surface area contributed by atoms with Crippen molar-refractivity contribution in [2.75, 3.05) is 18.5 Å². The molecular weight excluding hydrogens is 276 g/mol. The largest absolute Gasteiger partial charge is 0.486 e. The summed E-state index contributed by atoms with van der Waals surface area (Å²) in [6.45, 7) is 2.81. The third-order valence-corrected chi connectivity index (χ3v) is 2.98. The number of ether oxygens (including phenoxy) is 2. The van der Waals surface area contributed by atoms with Crippen LogP contribution >= 0.6 is 0 Å². The van der Waals surface area contributed by atoms with Crippen molar-refractivity contribution in [2.24, 2.45) is 0 Å². The number of rotatable bonds is 5. The molecular formula is C14H18N2O5. The van der Waals surface area contributed by atoms with E-state index in [4.69, 9.17) is 14.6 Å². The van der Waals surface area contributed by atoms with Crippen LogP contribution in [-0.4, -0.2) is 36.4 Å². The number of anilines is 1. The highest BCUT2D eigenvalue weighted by molar-refractivity contribution is 5.92. The molecule has 1 aliphatic rings. The van der Waals surface area contributed by atoms with Crippen molar-refractivity contribution in [3.63, 3.8) is 0 Å². The Labute approximate surface area is 122 Å². The Bertz CT molecular complexity index is 532. The molecule has 0 aromatic heterocycles. The van der Waals surface area contributed by atoms with Crippen LogP contribution in [0.2, 0.25) is 0 Å². The molecule has 1 atom stereocenters. The highest BCUT2D eigenvalue weighted by Gasteiger charge is 2.19. The third-order valence-electron chi connectivity index (χ3n) is 2.98. The van der Waals surface area contributed by atoms with Crippen molar-refractivity contribution < 1.29 is 24.2 Å². The number of hydrogen-bond donors (Lipinski definition) is 3. The molecule has 114 valence electrons. The molecule has 1 aromatic rings. The summed E-state index contributed by atoms with van der Waals surface area (Å²) in [4.78, 5) is 22.8. The van der Waals surface area contributed by atoms with E-state index in [1.165, 1.54) is 0 Å². The van der Waals surface area contributed by atoms with Crippen molar-refractivity contribution in [2.45, 2.75) is 25.8 Å². The summed E-state index contributed by atoms with van der Waals surface area (Å²) in [5.74, 6) is 0.137. The van der Waals surface area contributed by atoms with Gasteiger partial charge in [0.15, 0.2) is 11.5 Å². The monoisotopic (exact) mass is 294 g/mol. The molecule has 0 fully saturated rings. The number of carbonyl (C=O) groups excluding carboxylic acids is 1. The van der Waals surface area contributed by atoms with Gasteiger partial charge in [-0.2, -0.15) is 0 Å². The maximum Gasteiger partial charge on any atom is 0.326 e. The van der Waals surface area contributed by atoms with Crippen LogP contribution in [0.5, 0.6) is 11.5 Å². The Kier molecular flexibility index (Phi) is 4.86. The minimum absolute atomic E-state index is 0.379. The Balaban J connectivity index is 1.97. The predicted octanol–water partition coefficient (Wildman–Crippen LogP) is 1.83. The van der Waals surface area contributed by atoms with Crippen LogP contribution < -0.4 is 20.1 Å². The summed E-state index contributed by atoms with van der Waals surface area (Å²) in [7, 11) is 0. The van der Waals surface area contributed by atoms with Crippen molar-refractivity contribution in [1.82, 2.24) is 5.32 Å². The Morgan fingerprint density at radius 1 is 1.29 bits per heavy atom. The lowest BCUT2D eigenvalue weighted by Gasteiger charge is -2.19. The molecule has 1 heterocycles. The van der Waals surface area contributed by atoms with Gasteiger partial charge in [-0.3, -0.25) is 0 Å². The molecule has 0 aliphatic carbocycles. The average Bonchev–Trinajstić information content (AvgIpc) is 2.46. The molecule has 0 saturated heterocycles. The average molecular weight is 294 g/mol. The molecule has 1 aromatic carbocycles. The number of hydrogen-bond acceptors (Lipinski definition) is 4. The van der Waals surface area contributed by atoms with Gasteiger partial charge >= 0.3 is 12.0 Å². The molecule has 7 nitrogen and oxygen atoms in total. The standard InChI is InChI=1S/C14H18N2O5/c1-2-3-10(13(17)18)16-14(19)15-9-4-5-11-12(8-9)21-7-6-20-11/h4-5,8,10H,2-3,6-7H2,1H3,(H,17,18)(H2,15,16,19). The number of fused-ring (bicyclic) bond motifs is 1. The van der Waals surface area contributed by atoms with Gasteiger partial charge in [-0.15, -0.1) is 0 Å². The summed E-state index contributed by atoms with van der Waals surface area (Å²) in [6.07, 6.45) is 1.05. The first kappa shape index (κ1) is 15.0. The lowest BCUT2D eigenvalue weighted by Crippen LogP contribution is -2.42. The number of urea groups is 1. The van der Waals surface area contributed by atoms with Crippen LogP contribution in [0.3, 0.4) is 0 Å². The van der Waals surface area contributed by atoms with Crippen LogP contribution in [-0.2, 0) is 4.79 Å². The summed E-state index contributed by atoms with van der Waals surface area (Å²) >= 11 is 0. The zero-order chi connectivity index (χ0) is 15.2. The topological polar surface area (TPSA) is 96.9 Å². The van der Waals surface area contributed by atoms with E-state index in [-0.39, 0.29) is 0 Å². The molecule has 2 amide bonds. The summed E-state index contributed by atoms with van der Waals surface area (Å²) in [6, 6.07) is 3.55. The molecule has 1 aliphatic heterocycles. The van der Waals surface area contributed by atoms with Gasteiger partial charge in [-0.25, -0.2) is 9.59 Å². The van der Waals surface area contributed by atoms with E-state index < -0.39 is 18.0 Å². The minimum Gasteiger partial charge on any atom is -0.486 e. The van der Waals surface area contributed by atoms with Crippen molar-refractivity contribution in [1.29, 1.82) is 0 Å². The van der Waals surface area contributed by atoms with Gasteiger partial charge < -0.3 is 25.2 Å². The fourth-order valence-corrected chi connectivity index (χ4v) is 1.99. The van der Waals surface area contributed by atoms with E-state index in [1.54, 1.807) is 18.2 Å². The van der Waals surface area contributed by atoms with Crippen molar-refractivity contribution >= 4 is 17.7 Å². The second-order valence-electron chi connectivity index (χ2n) is 4.64. The first-order chi connectivity index (χ1) is 10.1. The maximum absolute atomic E-state index is 11.8. The van der Waals surface area contributed by atoms with Gasteiger partial charge in [-0.05, 0) is 18.6 Å². The summed E-state index contributed by atoms with van der Waals surface area (Å²) in [5.41, 5.74) is 0.511. The van der Waals surface area contributed by atoms with E-state index in [0.29, 0.717) is 43.2 Å². The first-order valence-corrected chi connectivity index (χ1v) is 6.80. The Hall–Kier alpha value is -2.44. The fraction of sp³-hybridized carbons (Fsp3) is 0.429. The van der Waals surface area contributed by atoms with Gasteiger partial charge in [0.05, 0.1) is 0 Å². The van der Waals surface area contributed by atoms with E-state index in [2.05, 4.69) is 10.6 Å². The molecule has 7 heteroatoms. The van der Waals surface area contributed by atoms with Crippen LogP contribution in [0.25, 0.3) is 0 Å². The predicted molar refractivity (Wildman–Crippen MR) is 75.9 cm³/mol. The molecule has 0 saturated carbocycles. The van der Waals surface area contributed by atoms with Gasteiger partial charge in [0, 0.05) is 11.8 Å². The number of amides is 2. The van der Waals surface area contributed by atoms with Gasteiger partial charge in [-0.1, -0.05) is 13.3 Å². The van der Waals surface area contributed by atoms with Crippen molar-refractivity contribution in [3.05, 3.63) is 18.2 Å². The zero-order valence-electron chi connectivity index (χ0n) is 11.7. The Morgan fingerprint density at radius 2 is 2.00 bits per heavy atom. The number of aliphatic carboxylic acids is 1. The molecule has 0 radical (unpaired) electrons. The molecule has 21 heavy (non-hydrogen) atoms. The van der Waals surface area contributed by atoms with Crippen LogP contribution in [0.1, 0.15) is 19.8 Å². The van der Waals surface area contributed by atoms with Gasteiger partial charge in [0.1, 0.15) is 19.3 Å². The van der Waals surface area contributed by atoms with Crippen molar-refractivity contribution in [3.8, 4) is 11.5 Å². The zero-order valence-corrected chi connectivity index (χ0v) is 11.7. The highest BCUT2D eigenvalue weighted by atomic mass is 16.6. The summed E-state index contributed by atoms with van der Waals surface area (Å²) in [5, 5.41) is 14.0. The number of carboxylic acid groups (broad SMARTS) is 1. The number of benzene rings is 1. The second kappa shape index (κ2) is 6.83. The first-order valence-electron chi connectivity index (χ1n) is 6.80. The normalized spacial score (nSPS) is 14.1. The van der Waals surface area contributed by atoms with Gasteiger partial charge in [0.2, 0.25) is 0 Å². The SMILES string of the molecule is CCCC(NC(=O)Nc1ccc2c(c1)OCCO2)C(=O)O. The Morgan fingerprint density at radius 3 is 2.67 bits per heavy atom. The smallest absolute Gasteiger partial charge is 0.326 e. The number of carboxylic acids is 1. The fourth-order valence-electron chi connectivity index (χ4n) is 1.99. The van der Waals surface area contributed by atoms with Crippen LogP contribution in [0.4, 0.5) is 10.5 Å². The molecule has 2 rings (SSSR count). The number of carbonyl (C=O) groups is 2. The van der Waals surface area contributed by atoms with Crippen LogP contribution in [0, 0.1) is 0 Å². The maximum atomic E-state index is 11.8. The molecule has 1 unspecified atom stereocenters. The van der Waals surface area contributed by atoms with E-state index in [0.717, 1.165) is 0 Å². The quantitative estimate of drug-likeness (QED) is 0.770. The molecule has 0 bridgehead atoms. The van der Waals surface area contributed by atoms with E-state index >= 15 is 0 Å². The molecule has 3 N–H and O–H groups in total.